The highest BCUT2D eigenvalue weighted by molar-refractivity contribution is 7.12. The van der Waals surface area contributed by atoms with E-state index in [9.17, 15) is 5.26 Å². The number of nitriles is 1. The summed E-state index contributed by atoms with van der Waals surface area (Å²) >= 11 is 1.46. The molecule has 0 aliphatic heterocycles. The zero-order valence-corrected chi connectivity index (χ0v) is 13.5. The predicted molar refractivity (Wildman–Crippen MR) is 83.3 cm³/mol. The van der Waals surface area contributed by atoms with Crippen LogP contribution in [0.4, 0.5) is 0 Å². The zero-order valence-electron chi connectivity index (χ0n) is 12.6. The fourth-order valence-electron chi connectivity index (χ4n) is 2.09. The second-order valence-corrected chi connectivity index (χ2v) is 6.04. The third-order valence-corrected chi connectivity index (χ3v) is 4.13. The molecule has 21 heavy (non-hydrogen) atoms. The van der Waals surface area contributed by atoms with Gasteiger partial charge in [-0.1, -0.05) is 19.9 Å². The van der Waals surface area contributed by atoms with Crippen molar-refractivity contribution >= 4 is 11.3 Å². The Bertz CT molecular complexity index is 671. The van der Waals surface area contributed by atoms with E-state index in [1.165, 1.54) is 11.3 Å². The molecule has 0 saturated heterocycles. The predicted octanol–water partition coefficient (Wildman–Crippen LogP) is 3.75. The summed E-state index contributed by atoms with van der Waals surface area (Å²) in [5.41, 5.74) is 1.97. The Morgan fingerprint density at radius 3 is 2.48 bits per heavy atom. The molecule has 2 rings (SSSR count). The molecule has 1 aromatic heterocycles. The molecular formula is C16H18N2O2S. The lowest BCUT2D eigenvalue weighted by molar-refractivity contribution is 0.354. The van der Waals surface area contributed by atoms with Gasteiger partial charge in [-0.2, -0.15) is 5.26 Å². The third kappa shape index (κ3) is 3.34. The van der Waals surface area contributed by atoms with Crippen LogP contribution in [-0.2, 0) is 6.42 Å². The van der Waals surface area contributed by atoms with Crippen LogP contribution in [0.2, 0.25) is 0 Å². The van der Waals surface area contributed by atoms with Crippen LogP contribution in [0.3, 0.4) is 0 Å². The minimum Gasteiger partial charge on any atom is -0.493 e. The number of hydrogen-bond acceptors (Lipinski definition) is 5. The summed E-state index contributed by atoms with van der Waals surface area (Å²) in [6.45, 7) is 4.10. The van der Waals surface area contributed by atoms with Gasteiger partial charge in [0.25, 0.3) is 0 Å². The highest BCUT2D eigenvalue weighted by atomic mass is 32.1. The van der Waals surface area contributed by atoms with Crippen LogP contribution in [0.1, 0.15) is 40.9 Å². The highest BCUT2D eigenvalue weighted by Gasteiger charge is 2.14. The van der Waals surface area contributed by atoms with E-state index in [1.54, 1.807) is 14.2 Å². The van der Waals surface area contributed by atoms with Crippen molar-refractivity contribution in [2.24, 2.45) is 0 Å². The molecule has 0 spiro atoms. The molecule has 0 N–H and O–H groups in total. The first-order valence-electron chi connectivity index (χ1n) is 6.69. The number of benzene rings is 1. The maximum absolute atomic E-state index is 9.18. The van der Waals surface area contributed by atoms with Gasteiger partial charge in [-0.25, -0.2) is 4.98 Å². The molecule has 0 aliphatic rings. The van der Waals surface area contributed by atoms with E-state index in [-0.39, 0.29) is 5.92 Å². The molecule has 0 bridgehead atoms. The number of thiazole rings is 1. The Morgan fingerprint density at radius 1 is 1.24 bits per heavy atom. The molecule has 0 saturated carbocycles. The van der Waals surface area contributed by atoms with E-state index in [4.69, 9.17) is 9.47 Å². The first-order chi connectivity index (χ1) is 10.1. The quantitative estimate of drug-likeness (QED) is 0.844. The third-order valence-electron chi connectivity index (χ3n) is 3.15. The number of aromatic nitrogens is 1. The minimum atomic E-state index is 0.259. The molecule has 0 atom stereocenters. The van der Waals surface area contributed by atoms with E-state index < -0.39 is 0 Å². The van der Waals surface area contributed by atoms with Crippen molar-refractivity contribution in [2.45, 2.75) is 26.2 Å². The SMILES string of the molecule is COc1ccc(Cc2nc(C(C)C)c(C#N)s2)cc1OC. The van der Waals surface area contributed by atoms with E-state index in [0.717, 1.165) is 16.3 Å². The fraction of sp³-hybridized carbons (Fsp3) is 0.375. The number of hydrogen-bond donors (Lipinski definition) is 0. The van der Waals surface area contributed by atoms with Gasteiger partial charge in [-0.3, -0.25) is 0 Å². The Morgan fingerprint density at radius 2 is 1.95 bits per heavy atom. The summed E-state index contributed by atoms with van der Waals surface area (Å²) in [7, 11) is 3.24. The van der Waals surface area contributed by atoms with Gasteiger partial charge >= 0.3 is 0 Å². The van der Waals surface area contributed by atoms with E-state index >= 15 is 0 Å². The maximum Gasteiger partial charge on any atom is 0.160 e. The fourth-order valence-corrected chi connectivity index (χ4v) is 3.14. The van der Waals surface area contributed by atoms with Crippen molar-refractivity contribution in [1.82, 2.24) is 4.98 Å². The molecule has 2 aromatic rings. The van der Waals surface area contributed by atoms with E-state index in [2.05, 4.69) is 24.9 Å². The topological polar surface area (TPSA) is 55.1 Å². The molecule has 0 unspecified atom stereocenters. The lowest BCUT2D eigenvalue weighted by Crippen LogP contribution is -1.94. The Kier molecular flexibility index (Phi) is 4.81. The molecule has 1 aromatic carbocycles. The largest absolute Gasteiger partial charge is 0.493 e. The molecule has 0 radical (unpaired) electrons. The summed E-state index contributed by atoms with van der Waals surface area (Å²) in [5, 5.41) is 10.1. The Labute approximate surface area is 129 Å². The van der Waals surface area contributed by atoms with E-state index in [0.29, 0.717) is 22.8 Å². The lowest BCUT2D eigenvalue weighted by atomic mass is 10.1. The standard InChI is InChI=1S/C16H18N2O2S/c1-10(2)16-14(9-17)21-15(18-16)8-11-5-6-12(19-3)13(7-11)20-4/h5-7,10H,8H2,1-4H3. The summed E-state index contributed by atoms with van der Waals surface area (Å²) in [6.07, 6.45) is 0.687. The molecule has 5 heteroatoms. The van der Waals surface area contributed by atoms with Gasteiger partial charge in [0.1, 0.15) is 10.9 Å². The van der Waals surface area contributed by atoms with Crippen LogP contribution in [0.25, 0.3) is 0 Å². The second-order valence-electron chi connectivity index (χ2n) is 4.95. The normalized spacial score (nSPS) is 10.5. The van der Waals surface area contributed by atoms with Crippen molar-refractivity contribution in [3.8, 4) is 17.6 Å². The molecule has 0 fully saturated rings. The molecule has 0 aliphatic carbocycles. The maximum atomic E-state index is 9.18. The van der Waals surface area contributed by atoms with Gasteiger partial charge in [0, 0.05) is 6.42 Å². The van der Waals surface area contributed by atoms with E-state index in [1.807, 2.05) is 18.2 Å². The average Bonchev–Trinajstić information content (AvgIpc) is 2.90. The first kappa shape index (κ1) is 15.3. The van der Waals surface area contributed by atoms with Gasteiger partial charge in [0.2, 0.25) is 0 Å². The van der Waals surface area contributed by atoms with Crippen LogP contribution < -0.4 is 9.47 Å². The second kappa shape index (κ2) is 6.59. The first-order valence-corrected chi connectivity index (χ1v) is 7.51. The van der Waals surface area contributed by atoms with Gasteiger partial charge in [-0.15, -0.1) is 11.3 Å². The summed E-state index contributed by atoms with van der Waals surface area (Å²) in [6, 6.07) is 8.06. The van der Waals surface area contributed by atoms with Crippen molar-refractivity contribution < 1.29 is 9.47 Å². The van der Waals surface area contributed by atoms with Crippen molar-refractivity contribution in [3.63, 3.8) is 0 Å². The van der Waals surface area contributed by atoms with Crippen LogP contribution >= 0.6 is 11.3 Å². The van der Waals surface area contributed by atoms with Gasteiger partial charge in [0.05, 0.1) is 24.9 Å². The van der Waals surface area contributed by atoms with Crippen molar-refractivity contribution in [1.29, 1.82) is 5.26 Å². The van der Waals surface area contributed by atoms with Gasteiger partial charge in [-0.05, 0) is 23.6 Å². The average molecular weight is 302 g/mol. The zero-order chi connectivity index (χ0) is 15.4. The molecular weight excluding hydrogens is 284 g/mol. The molecule has 1 heterocycles. The minimum absolute atomic E-state index is 0.259. The van der Waals surface area contributed by atoms with Crippen LogP contribution in [0.5, 0.6) is 11.5 Å². The van der Waals surface area contributed by atoms with Crippen molar-refractivity contribution in [2.75, 3.05) is 14.2 Å². The van der Waals surface area contributed by atoms with Crippen molar-refractivity contribution in [3.05, 3.63) is 39.3 Å². The van der Waals surface area contributed by atoms with Crippen LogP contribution in [-0.4, -0.2) is 19.2 Å². The summed E-state index contributed by atoms with van der Waals surface area (Å²) in [5.74, 6) is 1.67. The highest BCUT2D eigenvalue weighted by Crippen LogP contribution is 2.30. The number of nitrogens with zero attached hydrogens (tertiary/aromatic N) is 2. The van der Waals surface area contributed by atoms with Gasteiger partial charge in [0.15, 0.2) is 11.5 Å². The van der Waals surface area contributed by atoms with Crippen LogP contribution in [0, 0.1) is 11.3 Å². The number of methoxy groups -OCH3 is 2. The molecule has 0 amide bonds. The Hall–Kier alpha value is -2.06. The monoisotopic (exact) mass is 302 g/mol. The van der Waals surface area contributed by atoms with Crippen LogP contribution in [0.15, 0.2) is 18.2 Å². The lowest BCUT2D eigenvalue weighted by Gasteiger charge is -2.08. The number of rotatable bonds is 5. The molecule has 4 nitrogen and oxygen atoms in total. The summed E-state index contributed by atoms with van der Waals surface area (Å²) < 4.78 is 10.5. The summed E-state index contributed by atoms with van der Waals surface area (Å²) in [4.78, 5) is 5.31. The molecule has 110 valence electrons. The van der Waals surface area contributed by atoms with Gasteiger partial charge < -0.3 is 9.47 Å². The Balaban J connectivity index is 2.28. The smallest absolute Gasteiger partial charge is 0.160 e. The number of ether oxygens (including phenoxy) is 2.